The molecule has 3 aromatic rings. The minimum Gasteiger partial charge on any atom is -0.466 e. The molecule has 0 aliphatic heterocycles. The lowest BCUT2D eigenvalue weighted by Crippen LogP contribution is -2.31. The van der Waals surface area contributed by atoms with Gasteiger partial charge in [-0.3, -0.25) is 9.69 Å². The van der Waals surface area contributed by atoms with Crippen molar-refractivity contribution in [2.45, 2.75) is 46.3 Å². The van der Waals surface area contributed by atoms with Crippen molar-refractivity contribution >= 4 is 17.3 Å². The molecule has 28 heavy (non-hydrogen) atoms. The molecule has 0 fully saturated rings. The Morgan fingerprint density at radius 1 is 1.18 bits per heavy atom. The Hall–Kier alpha value is -2.86. The highest BCUT2D eigenvalue weighted by molar-refractivity contribution is 5.73. The molecule has 2 heterocycles. The Balaban J connectivity index is 1.95. The first-order valence-corrected chi connectivity index (χ1v) is 9.66. The monoisotopic (exact) mass is 380 g/mol. The number of carbonyl (C=O) groups is 1. The molecule has 2 aromatic heterocycles. The number of nitrogens with zero attached hydrogens (tertiary/aromatic N) is 3. The molecule has 0 bridgehead atoms. The molecule has 0 radical (unpaired) electrons. The number of imidazole rings is 1. The highest BCUT2D eigenvalue weighted by atomic mass is 16.5. The Morgan fingerprint density at radius 3 is 2.61 bits per heavy atom. The number of hydrogen-bond donors (Lipinski definition) is 1. The van der Waals surface area contributed by atoms with Crippen molar-refractivity contribution in [1.82, 2.24) is 14.3 Å². The molecule has 6 nitrogen and oxygen atoms in total. The van der Waals surface area contributed by atoms with Crippen LogP contribution in [0.4, 0.5) is 5.69 Å². The second-order valence-corrected chi connectivity index (χ2v) is 7.16. The van der Waals surface area contributed by atoms with Crippen LogP contribution in [0.3, 0.4) is 0 Å². The van der Waals surface area contributed by atoms with Gasteiger partial charge in [0.05, 0.1) is 24.4 Å². The number of rotatable bonds is 8. The minimum atomic E-state index is -0.265. The largest absolute Gasteiger partial charge is 0.466 e. The summed E-state index contributed by atoms with van der Waals surface area (Å²) in [7, 11) is 0. The van der Waals surface area contributed by atoms with E-state index in [1.807, 2.05) is 35.7 Å². The quantitative estimate of drug-likeness (QED) is 0.606. The number of nitrogen functional groups attached to an aromatic ring is 1. The van der Waals surface area contributed by atoms with Crippen molar-refractivity contribution in [3.63, 3.8) is 0 Å². The number of ether oxygens (including phenoxy) is 1. The SMILES string of the molecule is CCOC(=O)Cc1nc2ccc(N)cn2c1CN(Cc1ccccc1)C(C)C. The highest BCUT2D eigenvalue weighted by Gasteiger charge is 2.20. The van der Waals surface area contributed by atoms with Crippen LogP contribution < -0.4 is 5.73 Å². The molecule has 148 valence electrons. The van der Waals surface area contributed by atoms with Crippen LogP contribution in [0.25, 0.3) is 5.65 Å². The third kappa shape index (κ3) is 4.70. The van der Waals surface area contributed by atoms with E-state index < -0.39 is 0 Å². The second kappa shape index (κ2) is 8.89. The van der Waals surface area contributed by atoms with Crippen molar-refractivity contribution in [1.29, 1.82) is 0 Å². The lowest BCUT2D eigenvalue weighted by molar-refractivity contribution is -0.142. The fourth-order valence-corrected chi connectivity index (χ4v) is 3.25. The summed E-state index contributed by atoms with van der Waals surface area (Å²) in [6.07, 6.45) is 2.02. The Labute approximate surface area is 165 Å². The lowest BCUT2D eigenvalue weighted by Gasteiger charge is -2.27. The van der Waals surface area contributed by atoms with Crippen molar-refractivity contribution < 1.29 is 9.53 Å². The van der Waals surface area contributed by atoms with Crippen molar-refractivity contribution in [2.24, 2.45) is 0 Å². The van der Waals surface area contributed by atoms with E-state index in [4.69, 9.17) is 10.5 Å². The van der Waals surface area contributed by atoms with Crippen LogP contribution in [0.15, 0.2) is 48.7 Å². The third-order valence-electron chi connectivity index (χ3n) is 4.75. The molecule has 2 N–H and O–H groups in total. The first-order valence-electron chi connectivity index (χ1n) is 9.66. The lowest BCUT2D eigenvalue weighted by atomic mass is 10.1. The average Bonchev–Trinajstić information content (AvgIpc) is 2.98. The highest BCUT2D eigenvalue weighted by Crippen LogP contribution is 2.20. The summed E-state index contributed by atoms with van der Waals surface area (Å²) in [5.74, 6) is -0.265. The number of nitrogens with two attached hydrogens (primary N) is 1. The number of hydrogen-bond acceptors (Lipinski definition) is 5. The first-order chi connectivity index (χ1) is 13.5. The maximum absolute atomic E-state index is 12.1. The van der Waals surface area contributed by atoms with E-state index in [9.17, 15) is 4.79 Å². The molecular formula is C22H28N4O2. The smallest absolute Gasteiger partial charge is 0.311 e. The summed E-state index contributed by atoms with van der Waals surface area (Å²) in [4.78, 5) is 19.1. The van der Waals surface area contributed by atoms with Gasteiger partial charge in [0.25, 0.3) is 0 Å². The summed E-state index contributed by atoms with van der Waals surface area (Å²) < 4.78 is 7.13. The number of esters is 1. The van der Waals surface area contributed by atoms with Crippen LogP contribution in [0, 0.1) is 0 Å². The average molecular weight is 380 g/mol. The maximum Gasteiger partial charge on any atom is 0.311 e. The number of aromatic nitrogens is 2. The predicted molar refractivity (Wildman–Crippen MR) is 111 cm³/mol. The number of benzene rings is 1. The molecule has 3 rings (SSSR count). The van der Waals surface area contributed by atoms with Crippen LogP contribution in [-0.2, 0) is 29.0 Å². The topological polar surface area (TPSA) is 72.9 Å². The Kier molecular flexibility index (Phi) is 6.31. The maximum atomic E-state index is 12.1. The van der Waals surface area contributed by atoms with Crippen LogP contribution in [-0.4, -0.2) is 32.9 Å². The van der Waals surface area contributed by atoms with Crippen molar-refractivity contribution in [2.75, 3.05) is 12.3 Å². The zero-order valence-electron chi connectivity index (χ0n) is 16.8. The van der Waals surface area contributed by atoms with E-state index in [1.54, 1.807) is 0 Å². The molecule has 0 spiro atoms. The molecule has 0 aliphatic carbocycles. The molecule has 0 unspecified atom stereocenters. The molecule has 0 atom stereocenters. The summed E-state index contributed by atoms with van der Waals surface area (Å²) in [5, 5.41) is 0. The van der Waals surface area contributed by atoms with Gasteiger partial charge in [-0.1, -0.05) is 30.3 Å². The third-order valence-corrected chi connectivity index (χ3v) is 4.75. The molecule has 6 heteroatoms. The summed E-state index contributed by atoms with van der Waals surface area (Å²) in [6.45, 7) is 7.99. The summed E-state index contributed by atoms with van der Waals surface area (Å²) in [5.41, 5.74) is 10.4. The predicted octanol–water partition coefficient (Wildman–Crippen LogP) is 3.43. The number of fused-ring (bicyclic) bond motifs is 1. The molecular weight excluding hydrogens is 352 g/mol. The number of pyridine rings is 1. The second-order valence-electron chi connectivity index (χ2n) is 7.16. The molecule has 0 saturated carbocycles. The van der Waals surface area contributed by atoms with Gasteiger partial charge in [-0.2, -0.15) is 0 Å². The van der Waals surface area contributed by atoms with E-state index in [-0.39, 0.29) is 12.4 Å². The fraction of sp³-hybridized carbons (Fsp3) is 0.364. The number of anilines is 1. The van der Waals surface area contributed by atoms with Crippen LogP contribution in [0.1, 0.15) is 37.7 Å². The molecule has 1 aromatic carbocycles. The zero-order valence-corrected chi connectivity index (χ0v) is 16.8. The summed E-state index contributed by atoms with van der Waals surface area (Å²) >= 11 is 0. The van der Waals surface area contributed by atoms with Crippen molar-refractivity contribution in [3.05, 3.63) is 65.6 Å². The van der Waals surface area contributed by atoms with E-state index >= 15 is 0 Å². The van der Waals surface area contributed by atoms with Gasteiger partial charge in [0.15, 0.2) is 0 Å². The zero-order chi connectivity index (χ0) is 20.1. The van der Waals surface area contributed by atoms with Crippen molar-refractivity contribution in [3.8, 4) is 0 Å². The van der Waals surface area contributed by atoms with Gasteiger partial charge >= 0.3 is 5.97 Å². The van der Waals surface area contributed by atoms with Gasteiger partial charge in [0.2, 0.25) is 0 Å². The normalized spacial score (nSPS) is 11.5. The van der Waals surface area contributed by atoms with Crippen LogP contribution in [0.2, 0.25) is 0 Å². The molecule has 0 aliphatic rings. The van der Waals surface area contributed by atoms with E-state index in [1.165, 1.54) is 5.56 Å². The van der Waals surface area contributed by atoms with Gasteiger partial charge in [0, 0.05) is 31.0 Å². The Bertz CT molecular complexity index is 934. The molecule has 0 saturated heterocycles. The number of carbonyl (C=O) groups excluding carboxylic acids is 1. The summed E-state index contributed by atoms with van der Waals surface area (Å²) in [6, 6.07) is 14.4. The Morgan fingerprint density at radius 2 is 1.93 bits per heavy atom. The standard InChI is InChI=1S/C22H28N4O2/c1-4-28-22(27)12-19-20(26-14-18(23)10-11-21(26)24-19)15-25(16(2)3)13-17-8-6-5-7-9-17/h5-11,14,16H,4,12-13,15,23H2,1-3H3. The van der Waals surface area contributed by atoms with Crippen LogP contribution >= 0.6 is 0 Å². The van der Waals surface area contributed by atoms with Gasteiger partial charge < -0.3 is 14.9 Å². The first kappa shape index (κ1) is 19.9. The fourth-order valence-electron chi connectivity index (χ4n) is 3.25. The van der Waals surface area contributed by atoms with E-state index in [0.717, 1.165) is 23.6 Å². The van der Waals surface area contributed by atoms with E-state index in [2.05, 4.69) is 48.0 Å². The van der Waals surface area contributed by atoms with Gasteiger partial charge in [0.1, 0.15) is 5.65 Å². The van der Waals surface area contributed by atoms with Gasteiger partial charge in [-0.05, 0) is 38.5 Å². The van der Waals surface area contributed by atoms with Gasteiger partial charge in [-0.15, -0.1) is 0 Å². The van der Waals surface area contributed by atoms with E-state index in [0.29, 0.717) is 24.9 Å². The molecule has 0 amide bonds. The van der Waals surface area contributed by atoms with Gasteiger partial charge in [-0.25, -0.2) is 4.98 Å². The van der Waals surface area contributed by atoms with Crippen LogP contribution in [0.5, 0.6) is 0 Å². The minimum absolute atomic E-state index is 0.155.